The van der Waals surface area contributed by atoms with Crippen LogP contribution in [0.4, 0.5) is 0 Å². The van der Waals surface area contributed by atoms with Crippen LogP contribution in [0.3, 0.4) is 0 Å². The molecule has 1 N–H and O–H groups in total. The van der Waals surface area contributed by atoms with Gasteiger partial charge in [-0.1, -0.05) is 43.7 Å². The van der Waals surface area contributed by atoms with Crippen LogP contribution in [0.25, 0.3) is 0 Å². The maximum Gasteiger partial charge on any atom is 0.0234 e. The molecule has 0 fully saturated rings. The molecule has 0 radical (unpaired) electrons. The molecule has 1 unspecified atom stereocenters. The predicted octanol–water partition coefficient (Wildman–Crippen LogP) is 3.06. The van der Waals surface area contributed by atoms with E-state index in [1.807, 2.05) is 0 Å². The van der Waals surface area contributed by atoms with E-state index in [0.29, 0.717) is 6.04 Å². The van der Waals surface area contributed by atoms with Crippen molar-refractivity contribution in [3.8, 4) is 0 Å². The summed E-state index contributed by atoms with van der Waals surface area (Å²) >= 11 is 0. The zero-order valence-electron chi connectivity index (χ0n) is 12.5. The second-order valence-corrected chi connectivity index (χ2v) is 5.80. The van der Waals surface area contributed by atoms with E-state index in [-0.39, 0.29) is 0 Å². The number of aryl methyl sites for hydroxylation is 1. The van der Waals surface area contributed by atoms with Crippen molar-refractivity contribution in [3.05, 3.63) is 35.4 Å². The third kappa shape index (κ3) is 5.65. The van der Waals surface area contributed by atoms with Crippen LogP contribution in [-0.2, 0) is 6.54 Å². The molecule has 0 aromatic heterocycles. The summed E-state index contributed by atoms with van der Waals surface area (Å²) < 4.78 is 0. The van der Waals surface area contributed by atoms with Gasteiger partial charge in [0.05, 0.1) is 0 Å². The Morgan fingerprint density at radius 3 is 2.22 bits per heavy atom. The number of likely N-dealkylation sites (N-methyl/N-ethyl adjacent to an activating group) is 1. The fourth-order valence-corrected chi connectivity index (χ4v) is 1.87. The topological polar surface area (TPSA) is 15.3 Å². The van der Waals surface area contributed by atoms with Gasteiger partial charge in [-0.2, -0.15) is 0 Å². The van der Waals surface area contributed by atoms with Crippen LogP contribution >= 0.6 is 0 Å². The first kappa shape index (κ1) is 15.2. The van der Waals surface area contributed by atoms with Crippen LogP contribution < -0.4 is 5.32 Å². The fraction of sp³-hybridized carbons (Fsp3) is 0.625. The highest BCUT2D eigenvalue weighted by molar-refractivity contribution is 5.21. The van der Waals surface area contributed by atoms with E-state index in [4.69, 9.17) is 0 Å². The van der Waals surface area contributed by atoms with E-state index in [9.17, 15) is 0 Å². The lowest BCUT2D eigenvalue weighted by Gasteiger charge is -2.25. The first-order valence-electron chi connectivity index (χ1n) is 6.95. The summed E-state index contributed by atoms with van der Waals surface area (Å²) in [7, 11) is 2.20. The highest BCUT2D eigenvalue weighted by Crippen LogP contribution is 2.07. The normalized spacial score (nSPS) is 13.3. The van der Waals surface area contributed by atoms with Crippen LogP contribution in [0.1, 0.15) is 31.9 Å². The van der Waals surface area contributed by atoms with Crippen LogP contribution in [0.5, 0.6) is 0 Å². The molecule has 0 aliphatic rings. The predicted molar refractivity (Wildman–Crippen MR) is 79.8 cm³/mol. The molecule has 0 aliphatic carbocycles. The van der Waals surface area contributed by atoms with Crippen molar-refractivity contribution in [2.75, 3.05) is 20.1 Å². The number of nitrogens with zero attached hydrogens (tertiary/aromatic N) is 1. The van der Waals surface area contributed by atoms with Crippen molar-refractivity contribution in [1.82, 2.24) is 10.2 Å². The first-order chi connectivity index (χ1) is 8.49. The van der Waals surface area contributed by atoms with Gasteiger partial charge in [0.2, 0.25) is 0 Å². The van der Waals surface area contributed by atoms with Gasteiger partial charge in [-0.3, -0.25) is 4.90 Å². The van der Waals surface area contributed by atoms with Crippen molar-refractivity contribution < 1.29 is 0 Å². The van der Waals surface area contributed by atoms with Gasteiger partial charge in [0, 0.05) is 19.1 Å². The zero-order valence-corrected chi connectivity index (χ0v) is 12.5. The van der Waals surface area contributed by atoms with Gasteiger partial charge in [-0.05, 0) is 38.9 Å². The van der Waals surface area contributed by atoms with E-state index in [2.05, 4.69) is 69.2 Å². The van der Waals surface area contributed by atoms with E-state index >= 15 is 0 Å². The SMILES string of the molecule is Cc1ccc(CN(C)C(C)CNCC(C)C)cc1. The Kier molecular flexibility index (Phi) is 6.37. The lowest BCUT2D eigenvalue weighted by molar-refractivity contribution is 0.241. The molecule has 0 amide bonds. The molecule has 0 saturated carbocycles. The van der Waals surface area contributed by atoms with Crippen LogP contribution in [0, 0.1) is 12.8 Å². The molecular weight excluding hydrogens is 220 g/mol. The molecular formula is C16H28N2. The summed E-state index contributed by atoms with van der Waals surface area (Å²) in [5, 5.41) is 3.52. The quantitative estimate of drug-likeness (QED) is 0.798. The molecule has 2 heteroatoms. The summed E-state index contributed by atoms with van der Waals surface area (Å²) in [6.07, 6.45) is 0. The number of hydrogen-bond acceptors (Lipinski definition) is 2. The molecule has 18 heavy (non-hydrogen) atoms. The van der Waals surface area contributed by atoms with Gasteiger partial charge in [0.25, 0.3) is 0 Å². The smallest absolute Gasteiger partial charge is 0.0234 e. The number of rotatable bonds is 7. The number of nitrogens with one attached hydrogen (secondary N) is 1. The summed E-state index contributed by atoms with van der Waals surface area (Å²) in [5.41, 5.74) is 2.71. The maximum absolute atomic E-state index is 3.52. The lowest BCUT2D eigenvalue weighted by Crippen LogP contribution is -2.38. The Hall–Kier alpha value is -0.860. The van der Waals surface area contributed by atoms with Crippen LogP contribution in [-0.4, -0.2) is 31.1 Å². The average Bonchev–Trinajstić information content (AvgIpc) is 2.31. The van der Waals surface area contributed by atoms with E-state index in [0.717, 1.165) is 25.6 Å². The third-order valence-corrected chi connectivity index (χ3v) is 3.30. The lowest BCUT2D eigenvalue weighted by atomic mass is 10.1. The Labute approximate surface area is 112 Å². The monoisotopic (exact) mass is 248 g/mol. The maximum atomic E-state index is 3.52. The van der Waals surface area contributed by atoms with Gasteiger partial charge in [-0.25, -0.2) is 0 Å². The molecule has 1 atom stereocenters. The second kappa shape index (κ2) is 7.55. The Balaban J connectivity index is 2.35. The molecule has 1 aromatic carbocycles. The van der Waals surface area contributed by atoms with E-state index in [1.165, 1.54) is 11.1 Å². The minimum Gasteiger partial charge on any atom is -0.315 e. The van der Waals surface area contributed by atoms with Gasteiger partial charge < -0.3 is 5.32 Å². The van der Waals surface area contributed by atoms with Crippen LogP contribution in [0.15, 0.2) is 24.3 Å². The second-order valence-electron chi connectivity index (χ2n) is 5.80. The zero-order chi connectivity index (χ0) is 13.5. The Bertz CT molecular complexity index is 329. The molecule has 0 saturated heterocycles. The molecule has 0 heterocycles. The summed E-state index contributed by atoms with van der Waals surface area (Å²) in [5.74, 6) is 0.722. The van der Waals surface area contributed by atoms with Gasteiger partial charge >= 0.3 is 0 Å². The molecule has 1 aromatic rings. The molecule has 0 bridgehead atoms. The fourth-order valence-electron chi connectivity index (χ4n) is 1.87. The standard InChI is InChI=1S/C16H28N2/c1-13(2)10-17-11-15(4)18(5)12-16-8-6-14(3)7-9-16/h6-9,13,15,17H,10-12H2,1-5H3. The summed E-state index contributed by atoms with van der Waals surface area (Å²) in [4.78, 5) is 2.40. The minimum absolute atomic E-state index is 0.560. The van der Waals surface area contributed by atoms with E-state index < -0.39 is 0 Å². The Morgan fingerprint density at radius 1 is 1.06 bits per heavy atom. The minimum atomic E-state index is 0.560. The van der Waals surface area contributed by atoms with Crippen molar-refractivity contribution >= 4 is 0 Å². The first-order valence-corrected chi connectivity index (χ1v) is 6.95. The van der Waals surface area contributed by atoms with Crippen molar-refractivity contribution in [2.24, 2.45) is 5.92 Å². The molecule has 1 rings (SSSR count). The largest absolute Gasteiger partial charge is 0.315 e. The summed E-state index contributed by atoms with van der Waals surface area (Å²) in [6.45, 7) is 12.1. The number of hydrogen-bond donors (Lipinski definition) is 1. The number of benzene rings is 1. The van der Waals surface area contributed by atoms with Gasteiger partial charge in [0.15, 0.2) is 0 Å². The molecule has 2 nitrogen and oxygen atoms in total. The highest BCUT2D eigenvalue weighted by Gasteiger charge is 2.09. The molecule has 0 spiro atoms. The summed E-state index contributed by atoms with van der Waals surface area (Å²) in [6, 6.07) is 9.38. The third-order valence-electron chi connectivity index (χ3n) is 3.30. The van der Waals surface area contributed by atoms with Crippen molar-refractivity contribution in [2.45, 2.75) is 40.3 Å². The van der Waals surface area contributed by atoms with Crippen molar-refractivity contribution in [1.29, 1.82) is 0 Å². The molecule has 102 valence electrons. The average molecular weight is 248 g/mol. The van der Waals surface area contributed by atoms with Crippen molar-refractivity contribution in [3.63, 3.8) is 0 Å². The van der Waals surface area contributed by atoms with Crippen LogP contribution in [0.2, 0.25) is 0 Å². The van der Waals surface area contributed by atoms with E-state index in [1.54, 1.807) is 0 Å². The molecule has 0 aliphatic heterocycles. The van der Waals surface area contributed by atoms with Gasteiger partial charge in [0.1, 0.15) is 0 Å². The Morgan fingerprint density at radius 2 is 1.67 bits per heavy atom. The highest BCUT2D eigenvalue weighted by atomic mass is 15.1. The van der Waals surface area contributed by atoms with Gasteiger partial charge in [-0.15, -0.1) is 0 Å².